The number of carbonyl (C=O) groups excluding carboxylic acids is 1. The largest absolute Gasteiger partial charge is 0.355 e. The molecule has 3 fully saturated rings. The Hall–Kier alpha value is -1.39. The number of hydrogen-bond donors (Lipinski definition) is 1. The van der Waals surface area contributed by atoms with Gasteiger partial charge in [-0.3, -0.25) is 4.79 Å². The van der Waals surface area contributed by atoms with Crippen molar-refractivity contribution in [1.29, 1.82) is 0 Å². The molecule has 0 radical (unpaired) electrons. The highest BCUT2D eigenvalue weighted by Gasteiger charge is 2.68. The Morgan fingerprint density at radius 2 is 1.91 bits per heavy atom. The number of likely N-dealkylation sites (N-methyl/N-ethyl adjacent to an activating group) is 1. The molecule has 1 N–H and O–H groups in total. The summed E-state index contributed by atoms with van der Waals surface area (Å²) >= 11 is 0. The number of nitrogens with one attached hydrogen (secondary N) is 1. The van der Waals surface area contributed by atoms with Crippen LogP contribution in [0.2, 0.25) is 0 Å². The maximum Gasteiger partial charge on any atom is 0.261 e. The third-order valence-electron chi connectivity index (χ3n) is 5.54. The second-order valence-electron chi connectivity index (χ2n) is 7.01. The molecular weight excluding hydrogens is 276 g/mol. The van der Waals surface area contributed by atoms with Crippen LogP contribution in [0.1, 0.15) is 38.5 Å². The van der Waals surface area contributed by atoms with Crippen LogP contribution in [0, 0.1) is 0 Å². The van der Waals surface area contributed by atoms with Crippen molar-refractivity contribution in [3.05, 3.63) is 30.3 Å². The van der Waals surface area contributed by atoms with Gasteiger partial charge in [-0.1, -0.05) is 37.5 Å². The van der Waals surface area contributed by atoms with Gasteiger partial charge in [-0.25, -0.2) is 0 Å². The first kappa shape index (κ1) is 14.2. The smallest absolute Gasteiger partial charge is 0.261 e. The molecular formula is C18H24N2O2. The average molecular weight is 300 g/mol. The van der Waals surface area contributed by atoms with E-state index in [-0.39, 0.29) is 17.6 Å². The molecule has 2 atom stereocenters. The fourth-order valence-electron chi connectivity index (χ4n) is 4.25. The van der Waals surface area contributed by atoms with E-state index >= 15 is 0 Å². The molecule has 1 aromatic rings. The number of amides is 1. The molecule has 2 aliphatic carbocycles. The number of rotatable bonds is 2. The van der Waals surface area contributed by atoms with E-state index in [0.29, 0.717) is 6.54 Å². The van der Waals surface area contributed by atoms with Gasteiger partial charge in [0.15, 0.2) is 5.60 Å². The third kappa shape index (κ3) is 2.09. The lowest BCUT2D eigenvalue weighted by Crippen LogP contribution is -2.62. The highest BCUT2D eigenvalue weighted by Crippen LogP contribution is 2.51. The zero-order chi connectivity index (χ0) is 15.2. The summed E-state index contributed by atoms with van der Waals surface area (Å²) in [6.07, 6.45) is 6.64. The standard InChI is InChI=1S/C18H24N2O2/c1-19-15-12-18(15)16(21)20(14-8-4-2-5-9-14)13-17(22-18)10-6-3-7-11-17/h2,4-5,8-9,15,19H,3,6-7,10-13H2,1H3. The minimum atomic E-state index is -0.625. The lowest BCUT2D eigenvalue weighted by atomic mass is 9.82. The second-order valence-corrected chi connectivity index (χ2v) is 7.01. The van der Waals surface area contributed by atoms with E-state index in [4.69, 9.17) is 4.74 Å². The van der Waals surface area contributed by atoms with Crippen LogP contribution in [0.4, 0.5) is 5.69 Å². The summed E-state index contributed by atoms with van der Waals surface area (Å²) in [5, 5.41) is 3.25. The summed E-state index contributed by atoms with van der Waals surface area (Å²) in [7, 11) is 1.92. The van der Waals surface area contributed by atoms with Crippen molar-refractivity contribution >= 4 is 11.6 Å². The molecule has 2 spiro atoms. The van der Waals surface area contributed by atoms with Crippen molar-refractivity contribution in [1.82, 2.24) is 5.32 Å². The molecule has 118 valence electrons. The summed E-state index contributed by atoms with van der Waals surface area (Å²) in [5.74, 6) is 0.134. The van der Waals surface area contributed by atoms with E-state index in [0.717, 1.165) is 24.9 Å². The van der Waals surface area contributed by atoms with Crippen molar-refractivity contribution in [3.8, 4) is 0 Å². The van der Waals surface area contributed by atoms with Crippen molar-refractivity contribution in [2.75, 3.05) is 18.5 Å². The molecule has 2 saturated carbocycles. The second kappa shape index (κ2) is 5.07. The zero-order valence-electron chi connectivity index (χ0n) is 13.2. The summed E-state index contributed by atoms with van der Waals surface area (Å²) in [5.41, 5.74) is 0.232. The Labute approximate surface area is 131 Å². The maximum absolute atomic E-state index is 13.1. The van der Waals surface area contributed by atoms with Gasteiger partial charge in [0.05, 0.1) is 12.1 Å². The fraction of sp³-hybridized carbons (Fsp3) is 0.611. The van der Waals surface area contributed by atoms with Gasteiger partial charge in [0.1, 0.15) is 0 Å². The quantitative estimate of drug-likeness (QED) is 0.912. The first-order chi connectivity index (χ1) is 10.7. The molecule has 1 aromatic carbocycles. The first-order valence-corrected chi connectivity index (χ1v) is 8.44. The Morgan fingerprint density at radius 3 is 2.55 bits per heavy atom. The Balaban J connectivity index is 1.70. The number of nitrogens with zero attached hydrogens (tertiary/aromatic N) is 1. The maximum atomic E-state index is 13.1. The molecule has 2 unspecified atom stereocenters. The van der Waals surface area contributed by atoms with Crippen LogP contribution in [-0.2, 0) is 9.53 Å². The minimum absolute atomic E-state index is 0.134. The van der Waals surface area contributed by atoms with Crippen molar-refractivity contribution in [3.63, 3.8) is 0 Å². The van der Waals surface area contributed by atoms with E-state index in [1.807, 2.05) is 42.3 Å². The van der Waals surface area contributed by atoms with Gasteiger partial charge in [-0.2, -0.15) is 0 Å². The SMILES string of the molecule is CNC1CC12OC1(CCCCC1)CN(c1ccccc1)C2=O. The third-order valence-corrected chi connectivity index (χ3v) is 5.54. The number of carbonyl (C=O) groups is 1. The molecule has 1 amide bonds. The predicted molar refractivity (Wildman–Crippen MR) is 85.9 cm³/mol. The zero-order valence-corrected chi connectivity index (χ0v) is 13.2. The van der Waals surface area contributed by atoms with E-state index < -0.39 is 5.60 Å². The number of hydrogen-bond acceptors (Lipinski definition) is 3. The number of para-hydroxylation sites is 1. The van der Waals surface area contributed by atoms with Crippen LogP contribution < -0.4 is 10.2 Å². The van der Waals surface area contributed by atoms with Gasteiger partial charge in [0.2, 0.25) is 0 Å². The average Bonchev–Trinajstić information content (AvgIpc) is 3.26. The predicted octanol–water partition coefficient (Wildman–Crippen LogP) is 2.48. The Morgan fingerprint density at radius 1 is 1.18 bits per heavy atom. The topological polar surface area (TPSA) is 41.6 Å². The number of ether oxygens (including phenoxy) is 1. The number of anilines is 1. The number of morpholine rings is 1. The van der Waals surface area contributed by atoms with Gasteiger partial charge >= 0.3 is 0 Å². The minimum Gasteiger partial charge on any atom is -0.355 e. The van der Waals surface area contributed by atoms with Gasteiger partial charge in [-0.05, 0) is 32.0 Å². The van der Waals surface area contributed by atoms with Crippen LogP contribution in [0.3, 0.4) is 0 Å². The molecule has 4 nitrogen and oxygen atoms in total. The van der Waals surface area contributed by atoms with Crippen molar-refractivity contribution in [2.24, 2.45) is 0 Å². The van der Waals surface area contributed by atoms with Crippen LogP contribution >= 0.6 is 0 Å². The molecule has 4 heteroatoms. The van der Waals surface area contributed by atoms with Gasteiger partial charge in [0, 0.05) is 18.2 Å². The molecule has 3 aliphatic rings. The molecule has 1 saturated heterocycles. The summed E-state index contributed by atoms with van der Waals surface area (Å²) in [4.78, 5) is 15.0. The highest BCUT2D eigenvalue weighted by atomic mass is 16.5. The molecule has 22 heavy (non-hydrogen) atoms. The summed E-state index contributed by atoms with van der Waals surface area (Å²) < 4.78 is 6.53. The number of benzene rings is 1. The summed E-state index contributed by atoms with van der Waals surface area (Å²) in [6.45, 7) is 0.702. The van der Waals surface area contributed by atoms with E-state index in [2.05, 4.69) is 5.32 Å². The molecule has 1 heterocycles. The monoisotopic (exact) mass is 300 g/mol. The first-order valence-electron chi connectivity index (χ1n) is 8.44. The summed E-state index contributed by atoms with van der Waals surface area (Å²) in [6, 6.07) is 10.2. The molecule has 0 bridgehead atoms. The molecule has 0 aromatic heterocycles. The van der Waals surface area contributed by atoms with Gasteiger partial charge in [-0.15, -0.1) is 0 Å². The lowest BCUT2D eigenvalue weighted by Gasteiger charge is -2.48. The van der Waals surface area contributed by atoms with E-state index in [1.165, 1.54) is 19.3 Å². The van der Waals surface area contributed by atoms with Crippen LogP contribution in [0.5, 0.6) is 0 Å². The Kier molecular flexibility index (Phi) is 3.27. The molecule has 1 aliphatic heterocycles. The van der Waals surface area contributed by atoms with Gasteiger partial charge in [0.25, 0.3) is 5.91 Å². The molecule has 4 rings (SSSR count). The van der Waals surface area contributed by atoms with Gasteiger partial charge < -0.3 is 15.0 Å². The lowest BCUT2D eigenvalue weighted by molar-refractivity contribution is -0.170. The normalized spacial score (nSPS) is 33.4. The fourth-order valence-corrected chi connectivity index (χ4v) is 4.25. The van der Waals surface area contributed by atoms with E-state index in [1.54, 1.807) is 0 Å². The van der Waals surface area contributed by atoms with Crippen molar-refractivity contribution < 1.29 is 9.53 Å². The van der Waals surface area contributed by atoms with Crippen LogP contribution in [0.25, 0.3) is 0 Å². The van der Waals surface area contributed by atoms with E-state index in [9.17, 15) is 4.79 Å². The van der Waals surface area contributed by atoms with Crippen molar-refractivity contribution in [2.45, 2.75) is 55.8 Å². The van der Waals surface area contributed by atoms with Crippen LogP contribution in [-0.4, -0.2) is 36.7 Å². The Bertz CT molecular complexity index is 568. The highest BCUT2D eigenvalue weighted by molar-refractivity contribution is 6.03. The van der Waals surface area contributed by atoms with Crippen LogP contribution in [0.15, 0.2) is 30.3 Å².